The molecule has 138 valence electrons. The molecule has 26 heavy (non-hydrogen) atoms. The Morgan fingerprint density at radius 2 is 1.85 bits per heavy atom. The highest BCUT2D eigenvalue weighted by atomic mass is 35.5. The van der Waals surface area contributed by atoms with Crippen LogP contribution in [-0.4, -0.2) is 36.6 Å². The Morgan fingerprint density at radius 3 is 2.50 bits per heavy atom. The van der Waals surface area contributed by atoms with E-state index in [1.54, 1.807) is 44.4 Å². The first-order chi connectivity index (χ1) is 12.3. The van der Waals surface area contributed by atoms with Crippen molar-refractivity contribution in [1.82, 2.24) is 10.2 Å². The van der Waals surface area contributed by atoms with Crippen molar-refractivity contribution in [3.05, 3.63) is 63.6 Å². The highest BCUT2D eigenvalue weighted by Gasteiger charge is 2.17. The van der Waals surface area contributed by atoms with Gasteiger partial charge < -0.3 is 10.2 Å². The molecule has 2 rings (SSSR count). The molecular weight excluding hydrogens is 391 g/mol. The Balaban J connectivity index is 2.13. The lowest BCUT2D eigenvalue weighted by atomic mass is 10.1. The molecule has 0 aliphatic carbocycles. The lowest BCUT2D eigenvalue weighted by molar-refractivity contribution is -0.125. The predicted molar refractivity (Wildman–Crippen MR) is 108 cm³/mol. The largest absolute Gasteiger partial charge is 0.348 e. The first kappa shape index (κ1) is 20.6. The van der Waals surface area contributed by atoms with Crippen LogP contribution in [-0.2, 0) is 4.79 Å². The van der Waals surface area contributed by atoms with E-state index in [0.717, 1.165) is 10.5 Å². The number of carbonyl (C=O) groups excluding carboxylic acids is 2. The fourth-order valence-electron chi connectivity index (χ4n) is 2.25. The maximum atomic E-state index is 12.7. The van der Waals surface area contributed by atoms with Crippen molar-refractivity contribution in [3.8, 4) is 0 Å². The molecule has 0 aliphatic rings. The zero-order valence-electron chi connectivity index (χ0n) is 14.8. The summed E-state index contributed by atoms with van der Waals surface area (Å²) in [5, 5.41) is 4.00. The lowest BCUT2D eigenvalue weighted by Gasteiger charge is -2.17. The van der Waals surface area contributed by atoms with Gasteiger partial charge in [0, 0.05) is 29.0 Å². The minimum Gasteiger partial charge on any atom is -0.348 e. The van der Waals surface area contributed by atoms with Gasteiger partial charge in [-0.05, 0) is 36.8 Å². The van der Waals surface area contributed by atoms with Gasteiger partial charge in [-0.3, -0.25) is 9.59 Å². The van der Waals surface area contributed by atoms with Crippen LogP contribution in [0.5, 0.6) is 0 Å². The molecular formula is C19H20Cl2N2O2S. The van der Waals surface area contributed by atoms with Crippen LogP contribution in [0.3, 0.4) is 0 Å². The number of halogens is 2. The van der Waals surface area contributed by atoms with Gasteiger partial charge in [0.2, 0.25) is 5.91 Å². The average molecular weight is 411 g/mol. The number of thioether (sulfide) groups is 1. The molecule has 0 saturated heterocycles. The van der Waals surface area contributed by atoms with Gasteiger partial charge in [0.25, 0.3) is 5.91 Å². The maximum Gasteiger partial charge on any atom is 0.252 e. The number of amides is 2. The van der Waals surface area contributed by atoms with Gasteiger partial charge >= 0.3 is 0 Å². The number of nitrogens with one attached hydrogen (secondary N) is 1. The molecule has 2 aromatic rings. The molecule has 1 atom stereocenters. The third kappa shape index (κ3) is 5.40. The number of rotatable bonds is 6. The zero-order valence-corrected chi connectivity index (χ0v) is 17.1. The fourth-order valence-corrected chi connectivity index (χ4v) is 3.85. The SMILES string of the molecule is CC(NC(=O)c1ccccc1SCC(=O)N(C)C)c1ccc(Cl)cc1Cl. The van der Waals surface area contributed by atoms with Crippen LogP contribution < -0.4 is 5.32 Å². The monoisotopic (exact) mass is 410 g/mol. The van der Waals surface area contributed by atoms with Gasteiger partial charge in [-0.25, -0.2) is 0 Å². The van der Waals surface area contributed by atoms with Crippen LogP contribution in [0.4, 0.5) is 0 Å². The van der Waals surface area contributed by atoms with Crippen molar-refractivity contribution in [1.29, 1.82) is 0 Å². The predicted octanol–water partition coefficient (Wildman–Crippen LogP) is 4.66. The molecule has 7 heteroatoms. The van der Waals surface area contributed by atoms with E-state index in [-0.39, 0.29) is 23.6 Å². The molecule has 2 amide bonds. The molecule has 1 unspecified atom stereocenters. The van der Waals surface area contributed by atoms with Crippen molar-refractivity contribution in [2.75, 3.05) is 19.8 Å². The summed E-state index contributed by atoms with van der Waals surface area (Å²) in [6.45, 7) is 1.86. The van der Waals surface area contributed by atoms with Crippen LogP contribution in [0.2, 0.25) is 10.0 Å². The quantitative estimate of drug-likeness (QED) is 0.704. The van der Waals surface area contributed by atoms with Crippen molar-refractivity contribution in [3.63, 3.8) is 0 Å². The highest BCUT2D eigenvalue weighted by Crippen LogP contribution is 2.27. The second-order valence-electron chi connectivity index (χ2n) is 5.93. The van der Waals surface area contributed by atoms with Gasteiger partial charge in [-0.1, -0.05) is 41.4 Å². The lowest BCUT2D eigenvalue weighted by Crippen LogP contribution is -2.27. The van der Waals surface area contributed by atoms with E-state index in [1.807, 2.05) is 19.1 Å². The van der Waals surface area contributed by atoms with Crippen molar-refractivity contribution < 1.29 is 9.59 Å². The summed E-state index contributed by atoms with van der Waals surface area (Å²) in [6, 6.07) is 12.1. The van der Waals surface area contributed by atoms with Gasteiger partial charge in [-0.15, -0.1) is 11.8 Å². The summed E-state index contributed by atoms with van der Waals surface area (Å²) < 4.78 is 0. The summed E-state index contributed by atoms with van der Waals surface area (Å²) in [4.78, 5) is 26.8. The van der Waals surface area contributed by atoms with Gasteiger partial charge in [0.15, 0.2) is 0 Å². The van der Waals surface area contributed by atoms with Crippen LogP contribution in [0.15, 0.2) is 47.4 Å². The molecule has 0 heterocycles. The van der Waals surface area contributed by atoms with Crippen molar-refractivity contribution in [2.45, 2.75) is 17.9 Å². The van der Waals surface area contributed by atoms with Gasteiger partial charge in [-0.2, -0.15) is 0 Å². The molecule has 0 spiro atoms. The Morgan fingerprint density at radius 1 is 1.15 bits per heavy atom. The molecule has 0 saturated carbocycles. The fraction of sp³-hybridized carbons (Fsp3) is 0.263. The summed E-state index contributed by atoms with van der Waals surface area (Å²) in [5.74, 6) is 0.0472. The maximum absolute atomic E-state index is 12.7. The second kappa shape index (κ2) is 9.31. The number of carbonyl (C=O) groups is 2. The molecule has 0 fully saturated rings. The summed E-state index contributed by atoms with van der Waals surface area (Å²) in [7, 11) is 3.41. The molecule has 0 aromatic heterocycles. The minimum absolute atomic E-state index is 0.00785. The third-order valence-electron chi connectivity index (χ3n) is 3.76. The average Bonchev–Trinajstić information content (AvgIpc) is 2.59. The Labute approximate surface area is 167 Å². The van der Waals surface area contributed by atoms with E-state index in [0.29, 0.717) is 15.6 Å². The van der Waals surface area contributed by atoms with E-state index in [2.05, 4.69) is 5.32 Å². The molecule has 0 aliphatic heterocycles. The van der Waals surface area contributed by atoms with E-state index in [1.165, 1.54) is 16.7 Å². The van der Waals surface area contributed by atoms with E-state index in [9.17, 15) is 9.59 Å². The number of benzene rings is 2. The van der Waals surface area contributed by atoms with Crippen molar-refractivity contribution >= 4 is 46.8 Å². The molecule has 1 N–H and O–H groups in total. The Kier molecular flexibility index (Phi) is 7.38. The zero-order chi connectivity index (χ0) is 19.3. The summed E-state index contributed by atoms with van der Waals surface area (Å²) in [5.41, 5.74) is 1.32. The summed E-state index contributed by atoms with van der Waals surface area (Å²) >= 11 is 13.5. The van der Waals surface area contributed by atoms with Crippen molar-refractivity contribution in [2.24, 2.45) is 0 Å². The Bertz CT molecular complexity index is 812. The number of hydrogen-bond acceptors (Lipinski definition) is 3. The molecule has 0 bridgehead atoms. The smallest absolute Gasteiger partial charge is 0.252 e. The summed E-state index contributed by atoms with van der Waals surface area (Å²) in [6.07, 6.45) is 0. The van der Waals surface area contributed by atoms with Gasteiger partial charge in [0.05, 0.1) is 17.4 Å². The van der Waals surface area contributed by atoms with Crippen LogP contribution in [0.1, 0.15) is 28.9 Å². The molecule has 0 radical (unpaired) electrons. The molecule has 4 nitrogen and oxygen atoms in total. The third-order valence-corrected chi connectivity index (χ3v) is 5.38. The Hall–Kier alpha value is -1.69. The first-order valence-corrected chi connectivity index (χ1v) is 9.71. The number of nitrogens with zero attached hydrogens (tertiary/aromatic N) is 1. The van der Waals surface area contributed by atoms with E-state index in [4.69, 9.17) is 23.2 Å². The van der Waals surface area contributed by atoms with Crippen LogP contribution in [0.25, 0.3) is 0 Å². The second-order valence-corrected chi connectivity index (χ2v) is 7.79. The minimum atomic E-state index is -0.284. The number of hydrogen-bond donors (Lipinski definition) is 1. The molecule has 2 aromatic carbocycles. The normalized spacial score (nSPS) is 11.7. The van der Waals surface area contributed by atoms with Gasteiger partial charge in [0.1, 0.15) is 0 Å². The topological polar surface area (TPSA) is 49.4 Å². The van der Waals surface area contributed by atoms with E-state index >= 15 is 0 Å². The highest BCUT2D eigenvalue weighted by molar-refractivity contribution is 8.00. The first-order valence-electron chi connectivity index (χ1n) is 7.97. The van der Waals surface area contributed by atoms with Crippen LogP contribution >= 0.6 is 35.0 Å². The van der Waals surface area contributed by atoms with E-state index < -0.39 is 0 Å². The standard InChI is InChI=1S/C19H20Cl2N2O2S/c1-12(14-9-8-13(20)10-16(14)21)22-19(25)15-6-4-5-7-17(15)26-11-18(24)23(2)3/h4-10,12H,11H2,1-3H3,(H,22,25). The van der Waals surface area contributed by atoms with Crippen LogP contribution in [0, 0.1) is 0 Å².